The van der Waals surface area contributed by atoms with Gasteiger partial charge >= 0.3 is 5.97 Å². The minimum Gasteiger partial charge on any atom is -0.507 e. The van der Waals surface area contributed by atoms with Gasteiger partial charge in [0.25, 0.3) is 0 Å². The summed E-state index contributed by atoms with van der Waals surface area (Å²) in [6, 6.07) is 13.8. The van der Waals surface area contributed by atoms with Crippen LogP contribution in [0.1, 0.15) is 78.9 Å². The molecular formula is C22H26O3. The molecule has 2 aromatic carbocycles. The van der Waals surface area contributed by atoms with Gasteiger partial charge < -0.3 is 10.2 Å². The summed E-state index contributed by atoms with van der Waals surface area (Å²) in [6.45, 7) is 4.20. The van der Waals surface area contributed by atoms with E-state index >= 15 is 0 Å². The van der Waals surface area contributed by atoms with Crippen molar-refractivity contribution in [2.45, 2.75) is 57.3 Å². The monoisotopic (exact) mass is 338 g/mol. The highest BCUT2D eigenvalue weighted by atomic mass is 16.4. The minimum absolute atomic E-state index is 0.0158. The van der Waals surface area contributed by atoms with Gasteiger partial charge in [-0.05, 0) is 41.5 Å². The lowest BCUT2D eigenvalue weighted by molar-refractivity contribution is 0.0693. The maximum Gasteiger partial charge on any atom is 0.339 e. The first-order chi connectivity index (χ1) is 11.9. The second kappa shape index (κ2) is 6.91. The molecule has 2 N–H and O–H groups in total. The van der Waals surface area contributed by atoms with Crippen LogP contribution >= 0.6 is 0 Å². The smallest absolute Gasteiger partial charge is 0.339 e. The number of aromatic hydroxyl groups is 1. The third-order valence-corrected chi connectivity index (χ3v) is 5.63. The first kappa shape index (κ1) is 17.5. The number of rotatable bonds is 4. The van der Waals surface area contributed by atoms with Crippen LogP contribution in [0.3, 0.4) is 0 Å². The molecule has 3 rings (SSSR count). The maximum atomic E-state index is 11.7. The van der Waals surface area contributed by atoms with Crippen LogP contribution in [-0.2, 0) is 5.41 Å². The molecule has 0 radical (unpaired) electrons. The first-order valence-corrected chi connectivity index (χ1v) is 9.07. The zero-order valence-electron chi connectivity index (χ0n) is 15.0. The van der Waals surface area contributed by atoms with E-state index in [1.54, 1.807) is 6.07 Å². The molecule has 2 aromatic rings. The molecule has 1 aliphatic rings. The van der Waals surface area contributed by atoms with Crippen LogP contribution in [0.15, 0.2) is 42.5 Å². The van der Waals surface area contributed by atoms with Crippen molar-refractivity contribution in [2.24, 2.45) is 0 Å². The van der Waals surface area contributed by atoms with Crippen LogP contribution in [0.25, 0.3) is 0 Å². The topological polar surface area (TPSA) is 57.5 Å². The summed E-state index contributed by atoms with van der Waals surface area (Å²) in [7, 11) is 0. The molecule has 0 amide bonds. The molecule has 0 aliphatic heterocycles. The van der Waals surface area contributed by atoms with Crippen molar-refractivity contribution in [3.63, 3.8) is 0 Å². The normalized spacial score (nSPS) is 15.9. The van der Waals surface area contributed by atoms with Gasteiger partial charge in [-0.15, -0.1) is 0 Å². The Morgan fingerprint density at radius 2 is 1.64 bits per heavy atom. The lowest BCUT2D eigenvalue weighted by atomic mass is 9.75. The highest BCUT2D eigenvalue weighted by molar-refractivity contribution is 5.91. The minimum atomic E-state index is -1.07. The zero-order valence-corrected chi connectivity index (χ0v) is 15.0. The van der Waals surface area contributed by atoms with Crippen LogP contribution in [0.5, 0.6) is 5.75 Å². The molecule has 25 heavy (non-hydrogen) atoms. The van der Waals surface area contributed by atoms with Gasteiger partial charge in [-0.25, -0.2) is 4.79 Å². The molecular weight excluding hydrogens is 312 g/mol. The Balaban J connectivity index is 2.13. The lowest BCUT2D eigenvalue weighted by Crippen LogP contribution is -2.20. The van der Waals surface area contributed by atoms with E-state index in [0.717, 1.165) is 42.4 Å². The quantitative estimate of drug-likeness (QED) is 0.778. The van der Waals surface area contributed by atoms with Crippen molar-refractivity contribution < 1.29 is 15.0 Å². The van der Waals surface area contributed by atoms with E-state index in [4.69, 9.17) is 0 Å². The Morgan fingerprint density at radius 3 is 2.24 bits per heavy atom. The van der Waals surface area contributed by atoms with Gasteiger partial charge in [0.05, 0.1) is 0 Å². The second-order valence-electron chi connectivity index (χ2n) is 7.59. The predicted molar refractivity (Wildman–Crippen MR) is 99.5 cm³/mol. The van der Waals surface area contributed by atoms with Crippen molar-refractivity contribution in [2.75, 3.05) is 0 Å². The molecule has 1 fully saturated rings. The standard InChI is InChI=1S/C22H26O3/c1-22(2,16-11-7-4-8-12-16)17-13-18(15-9-5-3-6-10-15)20(23)19(14-17)21(24)25/h4,7-8,11-15,23H,3,5-6,9-10H2,1-2H3,(H,24,25). The number of carboxylic acids is 1. The molecule has 0 bridgehead atoms. The van der Waals surface area contributed by atoms with E-state index in [2.05, 4.69) is 26.0 Å². The number of benzene rings is 2. The lowest BCUT2D eigenvalue weighted by Gasteiger charge is -2.30. The van der Waals surface area contributed by atoms with E-state index in [1.807, 2.05) is 24.3 Å². The average molecular weight is 338 g/mol. The Labute approximate surface area is 149 Å². The third-order valence-electron chi connectivity index (χ3n) is 5.63. The fraction of sp³-hybridized carbons (Fsp3) is 0.409. The van der Waals surface area contributed by atoms with Crippen molar-refractivity contribution in [1.82, 2.24) is 0 Å². The third kappa shape index (κ3) is 3.41. The maximum absolute atomic E-state index is 11.7. The summed E-state index contributed by atoms with van der Waals surface area (Å²) in [4.78, 5) is 11.7. The number of phenols is 1. The van der Waals surface area contributed by atoms with Gasteiger partial charge in [-0.2, -0.15) is 0 Å². The summed E-state index contributed by atoms with van der Waals surface area (Å²) >= 11 is 0. The molecule has 3 heteroatoms. The van der Waals surface area contributed by atoms with E-state index in [0.29, 0.717) is 0 Å². The zero-order chi connectivity index (χ0) is 18.0. The fourth-order valence-corrected chi connectivity index (χ4v) is 3.93. The van der Waals surface area contributed by atoms with Gasteiger partial charge in [0.1, 0.15) is 11.3 Å². The molecule has 0 atom stereocenters. The van der Waals surface area contributed by atoms with E-state index < -0.39 is 5.97 Å². The molecule has 1 saturated carbocycles. The summed E-state index contributed by atoms with van der Waals surface area (Å²) in [5.74, 6) is -0.870. The van der Waals surface area contributed by atoms with Gasteiger partial charge in [0, 0.05) is 5.41 Å². The summed E-state index contributed by atoms with van der Waals surface area (Å²) < 4.78 is 0. The van der Waals surface area contributed by atoms with Gasteiger partial charge in [-0.3, -0.25) is 0 Å². The Hall–Kier alpha value is -2.29. The van der Waals surface area contributed by atoms with E-state index in [1.165, 1.54) is 6.42 Å². The Morgan fingerprint density at radius 1 is 1.00 bits per heavy atom. The molecule has 0 spiro atoms. The number of hydrogen-bond acceptors (Lipinski definition) is 2. The summed E-state index contributed by atoms with van der Waals surface area (Å²) in [5.41, 5.74) is 2.56. The van der Waals surface area contributed by atoms with Gasteiger partial charge in [0.2, 0.25) is 0 Å². The molecule has 0 heterocycles. The average Bonchev–Trinajstić information content (AvgIpc) is 2.63. The molecule has 3 nitrogen and oxygen atoms in total. The number of hydrogen-bond donors (Lipinski definition) is 2. The highest BCUT2D eigenvalue weighted by Crippen LogP contribution is 2.42. The van der Waals surface area contributed by atoms with Crippen LogP contribution in [0.2, 0.25) is 0 Å². The summed E-state index contributed by atoms with van der Waals surface area (Å²) in [6.07, 6.45) is 5.53. The van der Waals surface area contributed by atoms with Gasteiger partial charge in [0.15, 0.2) is 0 Å². The Bertz CT molecular complexity index is 756. The van der Waals surface area contributed by atoms with Crippen molar-refractivity contribution in [1.29, 1.82) is 0 Å². The van der Waals surface area contributed by atoms with E-state index in [9.17, 15) is 15.0 Å². The van der Waals surface area contributed by atoms with Crippen LogP contribution < -0.4 is 0 Å². The first-order valence-electron chi connectivity index (χ1n) is 9.07. The fourth-order valence-electron chi connectivity index (χ4n) is 3.93. The van der Waals surface area contributed by atoms with Crippen LogP contribution in [0, 0.1) is 0 Å². The van der Waals surface area contributed by atoms with Crippen LogP contribution in [-0.4, -0.2) is 16.2 Å². The van der Waals surface area contributed by atoms with Crippen molar-refractivity contribution in [3.05, 3.63) is 64.7 Å². The Kier molecular flexibility index (Phi) is 4.85. The molecule has 0 aromatic heterocycles. The van der Waals surface area contributed by atoms with E-state index in [-0.39, 0.29) is 22.6 Å². The summed E-state index contributed by atoms with van der Waals surface area (Å²) in [5, 5.41) is 20.2. The van der Waals surface area contributed by atoms with Crippen molar-refractivity contribution in [3.8, 4) is 5.75 Å². The molecule has 0 unspecified atom stereocenters. The number of aromatic carboxylic acids is 1. The second-order valence-corrected chi connectivity index (χ2v) is 7.59. The number of carboxylic acid groups (broad SMARTS) is 1. The van der Waals surface area contributed by atoms with Crippen LogP contribution in [0.4, 0.5) is 0 Å². The largest absolute Gasteiger partial charge is 0.507 e. The van der Waals surface area contributed by atoms with Crippen molar-refractivity contribution >= 4 is 5.97 Å². The predicted octanol–water partition coefficient (Wildman–Crippen LogP) is 5.46. The number of carbonyl (C=O) groups is 1. The molecule has 0 saturated heterocycles. The van der Waals surface area contributed by atoms with Gasteiger partial charge in [-0.1, -0.05) is 69.5 Å². The highest BCUT2D eigenvalue weighted by Gasteiger charge is 2.29. The SMILES string of the molecule is CC(C)(c1ccccc1)c1cc(C(=O)O)c(O)c(C2CCCCC2)c1. The molecule has 132 valence electrons. The molecule has 1 aliphatic carbocycles.